The van der Waals surface area contributed by atoms with Gasteiger partial charge in [0, 0.05) is 18.2 Å². The molecule has 0 spiro atoms. The minimum atomic E-state index is -0.00814. The minimum absolute atomic E-state index is 0.00814. The second-order valence-electron chi connectivity index (χ2n) is 15.0. The Bertz CT molecular complexity index is 734. The summed E-state index contributed by atoms with van der Waals surface area (Å²) in [5.74, 6) is 1.79. The first kappa shape index (κ1) is 45.3. The number of likely N-dealkylation sites (tertiary alicyclic amines) is 1. The van der Waals surface area contributed by atoms with Crippen molar-refractivity contribution in [3.05, 3.63) is 0 Å². The zero-order chi connectivity index (χ0) is 34.9. The van der Waals surface area contributed by atoms with Gasteiger partial charge in [-0.15, -0.1) is 0 Å². The Balaban J connectivity index is 2.06. The Morgan fingerprint density at radius 1 is 0.646 bits per heavy atom. The Morgan fingerprint density at radius 2 is 1.17 bits per heavy atom. The maximum absolute atomic E-state index is 13.0. The van der Waals surface area contributed by atoms with E-state index < -0.39 is 0 Å². The van der Waals surface area contributed by atoms with Gasteiger partial charge in [-0.25, -0.2) is 0 Å². The molecule has 0 aromatic rings. The van der Waals surface area contributed by atoms with Gasteiger partial charge in [0.25, 0.3) is 0 Å². The highest BCUT2D eigenvalue weighted by Gasteiger charge is 2.34. The van der Waals surface area contributed by atoms with E-state index in [4.69, 9.17) is 9.47 Å². The van der Waals surface area contributed by atoms with Crippen LogP contribution in [0.25, 0.3) is 0 Å². The molecule has 1 rings (SSSR count). The largest absolute Gasteiger partial charge is 0.465 e. The molecule has 0 saturated carbocycles. The molecule has 1 heterocycles. The quantitative estimate of drug-likeness (QED) is 0.0493. The molecule has 6 heteroatoms. The summed E-state index contributed by atoms with van der Waals surface area (Å²) in [6.07, 6.45) is 34.2. The highest BCUT2D eigenvalue weighted by Crippen LogP contribution is 2.30. The molecule has 0 radical (unpaired) electrons. The smallest absolute Gasteiger partial charge is 0.310 e. The molecule has 1 saturated heterocycles. The summed E-state index contributed by atoms with van der Waals surface area (Å²) < 4.78 is 11.5. The molecule has 3 unspecified atom stereocenters. The first-order valence-electron chi connectivity index (χ1n) is 21.1. The SMILES string of the molecule is CCCCCCCCCCCCCSC1CN(C)CCC1C(=O)OCCCCCCCCCC(=O)OCC(CCCC)CCCCCC. The van der Waals surface area contributed by atoms with Crippen LogP contribution < -0.4 is 0 Å². The van der Waals surface area contributed by atoms with E-state index in [9.17, 15) is 9.59 Å². The molecule has 0 aliphatic carbocycles. The van der Waals surface area contributed by atoms with Crippen molar-refractivity contribution in [2.75, 3.05) is 39.1 Å². The maximum Gasteiger partial charge on any atom is 0.310 e. The zero-order valence-corrected chi connectivity index (χ0v) is 33.4. The minimum Gasteiger partial charge on any atom is -0.465 e. The lowest BCUT2D eigenvalue weighted by molar-refractivity contribution is -0.150. The molecule has 0 amide bonds. The number of hydrogen-bond donors (Lipinski definition) is 0. The van der Waals surface area contributed by atoms with Crippen molar-refractivity contribution in [2.24, 2.45) is 11.8 Å². The van der Waals surface area contributed by atoms with Crippen LogP contribution >= 0.6 is 11.8 Å². The number of unbranched alkanes of at least 4 members (excludes halogenated alkanes) is 20. The van der Waals surface area contributed by atoms with Gasteiger partial charge in [0.05, 0.1) is 19.1 Å². The number of hydrogen-bond acceptors (Lipinski definition) is 6. The van der Waals surface area contributed by atoms with Crippen molar-refractivity contribution in [1.82, 2.24) is 4.90 Å². The fourth-order valence-electron chi connectivity index (χ4n) is 6.99. The molecular weight excluding hydrogens is 615 g/mol. The fraction of sp³-hybridized carbons (Fsp3) is 0.952. The number of nitrogens with zero attached hydrogens (tertiary/aromatic N) is 1. The molecule has 0 bridgehead atoms. The standard InChI is InChI=1S/C42H81NO4S/c1-5-8-11-13-14-15-16-17-21-24-28-35-48-40-36-43(4)33-32-39(40)42(45)46-34-27-23-20-18-19-22-26-31-41(44)47-37-38(29-10-7-3)30-25-12-9-6-2/h38-40H,5-37H2,1-4H3. The van der Waals surface area contributed by atoms with Crippen molar-refractivity contribution >= 4 is 23.7 Å². The van der Waals surface area contributed by atoms with E-state index in [-0.39, 0.29) is 17.9 Å². The summed E-state index contributed by atoms with van der Waals surface area (Å²) in [5, 5.41) is 0.370. The molecule has 48 heavy (non-hydrogen) atoms. The monoisotopic (exact) mass is 696 g/mol. The number of rotatable bonds is 34. The van der Waals surface area contributed by atoms with Crippen LogP contribution in [0.3, 0.4) is 0 Å². The second kappa shape index (κ2) is 33.4. The molecule has 1 aliphatic heterocycles. The predicted molar refractivity (Wildman–Crippen MR) is 209 cm³/mol. The summed E-state index contributed by atoms with van der Waals surface area (Å²) in [5.41, 5.74) is 0. The lowest BCUT2D eigenvalue weighted by atomic mass is 9.96. The van der Waals surface area contributed by atoms with Gasteiger partial charge in [-0.2, -0.15) is 11.8 Å². The summed E-state index contributed by atoms with van der Waals surface area (Å²) in [6, 6.07) is 0. The van der Waals surface area contributed by atoms with Crippen molar-refractivity contribution in [2.45, 2.75) is 206 Å². The fourth-order valence-corrected chi connectivity index (χ4v) is 8.51. The third-order valence-electron chi connectivity index (χ3n) is 10.3. The van der Waals surface area contributed by atoms with Gasteiger partial charge in [0.15, 0.2) is 0 Å². The van der Waals surface area contributed by atoms with E-state index in [0.717, 1.165) is 51.6 Å². The van der Waals surface area contributed by atoms with E-state index in [1.807, 2.05) is 11.8 Å². The molecule has 0 aromatic heterocycles. The number of carbonyl (C=O) groups is 2. The number of esters is 2. The van der Waals surface area contributed by atoms with Crippen LogP contribution in [0.2, 0.25) is 0 Å². The maximum atomic E-state index is 13.0. The molecule has 5 nitrogen and oxygen atoms in total. The first-order valence-corrected chi connectivity index (χ1v) is 22.2. The number of carbonyl (C=O) groups excluding carboxylic acids is 2. The summed E-state index contributed by atoms with van der Waals surface area (Å²) in [4.78, 5) is 27.7. The van der Waals surface area contributed by atoms with Gasteiger partial charge in [-0.05, 0) is 63.8 Å². The van der Waals surface area contributed by atoms with Crippen molar-refractivity contribution in [3.63, 3.8) is 0 Å². The van der Waals surface area contributed by atoms with Crippen LogP contribution in [0, 0.1) is 11.8 Å². The molecule has 1 aliphatic rings. The average Bonchev–Trinajstić information content (AvgIpc) is 3.08. The van der Waals surface area contributed by atoms with Gasteiger partial charge in [0.2, 0.25) is 0 Å². The Labute approximate surface area is 303 Å². The van der Waals surface area contributed by atoms with Crippen LogP contribution in [0.5, 0.6) is 0 Å². The van der Waals surface area contributed by atoms with E-state index in [2.05, 4.69) is 32.7 Å². The Morgan fingerprint density at radius 3 is 1.79 bits per heavy atom. The van der Waals surface area contributed by atoms with Gasteiger partial charge in [0.1, 0.15) is 0 Å². The van der Waals surface area contributed by atoms with Gasteiger partial charge < -0.3 is 14.4 Å². The van der Waals surface area contributed by atoms with Gasteiger partial charge >= 0.3 is 11.9 Å². The van der Waals surface area contributed by atoms with Gasteiger partial charge in [-0.3, -0.25) is 9.59 Å². The lowest BCUT2D eigenvalue weighted by Gasteiger charge is -2.35. The third kappa shape index (κ3) is 26.1. The normalized spacial score (nSPS) is 17.4. The molecular formula is C42H81NO4S. The van der Waals surface area contributed by atoms with Crippen LogP contribution in [0.4, 0.5) is 0 Å². The number of ether oxygens (including phenoxy) is 2. The summed E-state index contributed by atoms with van der Waals surface area (Å²) in [7, 11) is 2.18. The van der Waals surface area contributed by atoms with E-state index in [1.54, 1.807) is 0 Å². The molecule has 0 aromatic carbocycles. The zero-order valence-electron chi connectivity index (χ0n) is 32.6. The third-order valence-corrected chi connectivity index (χ3v) is 11.8. The summed E-state index contributed by atoms with van der Waals surface area (Å²) >= 11 is 2.01. The topological polar surface area (TPSA) is 55.8 Å². The van der Waals surface area contributed by atoms with E-state index >= 15 is 0 Å². The number of piperidine rings is 1. The van der Waals surface area contributed by atoms with Crippen LogP contribution in [0.15, 0.2) is 0 Å². The van der Waals surface area contributed by atoms with E-state index in [1.165, 1.54) is 141 Å². The average molecular weight is 696 g/mol. The summed E-state index contributed by atoms with van der Waals surface area (Å²) in [6.45, 7) is 9.94. The van der Waals surface area contributed by atoms with Crippen LogP contribution in [-0.4, -0.2) is 61.2 Å². The Hall–Kier alpha value is -0.750. The van der Waals surface area contributed by atoms with E-state index in [0.29, 0.717) is 30.8 Å². The van der Waals surface area contributed by atoms with Crippen molar-refractivity contribution in [1.29, 1.82) is 0 Å². The molecule has 0 N–H and O–H groups in total. The van der Waals surface area contributed by atoms with Crippen molar-refractivity contribution < 1.29 is 19.1 Å². The first-order chi connectivity index (χ1) is 23.5. The molecule has 1 fully saturated rings. The second-order valence-corrected chi connectivity index (χ2v) is 16.4. The highest BCUT2D eigenvalue weighted by atomic mass is 32.2. The van der Waals surface area contributed by atoms with Gasteiger partial charge in [-0.1, -0.05) is 156 Å². The van der Waals surface area contributed by atoms with Crippen LogP contribution in [-0.2, 0) is 19.1 Å². The highest BCUT2D eigenvalue weighted by molar-refractivity contribution is 7.99. The molecule has 3 atom stereocenters. The lowest BCUT2D eigenvalue weighted by Crippen LogP contribution is -2.44. The number of thioether (sulfide) groups is 1. The predicted octanol–water partition coefficient (Wildman–Crippen LogP) is 12.3. The van der Waals surface area contributed by atoms with Crippen molar-refractivity contribution in [3.8, 4) is 0 Å². The van der Waals surface area contributed by atoms with Crippen LogP contribution in [0.1, 0.15) is 201 Å². The molecule has 284 valence electrons. The Kier molecular flexibility index (Phi) is 31.5.